The van der Waals surface area contributed by atoms with Gasteiger partial charge in [0.1, 0.15) is 11.3 Å². The lowest BCUT2D eigenvalue weighted by atomic mass is 10.2. The zero-order chi connectivity index (χ0) is 17.2. The van der Waals surface area contributed by atoms with Crippen LogP contribution in [-0.4, -0.2) is 16.3 Å². The molecular formula is C20H13ClN2O2. The highest BCUT2D eigenvalue weighted by molar-refractivity contribution is 6.31. The molecule has 0 radical (unpaired) electrons. The van der Waals surface area contributed by atoms with Gasteiger partial charge in [-0.25, -0.2) is 4.98 Å². The summed E-state index contributed by atoms with van der Waals surface area (Å²) in [6.07, 6.45) is 1.63. The molecule has 5 heteroatoms. The lowest BCUT2D eigenvalue weighted by Gasteiger charge is -1.99. The van der Waals surface area contributed by atoms with Crippen LogP contribution in [0.5, 0.6) is 5.75 Å². The van der Waals surface area contributed by atoms with Gasteiger partial charge in [-0.15, -0.1) is 0 Å². The van der Waals surface area contributed by atoms with Gasteiger partial charge in [-0.1, -0.05) is 29.8 Å². The first-order valence-corrected chi connectivity index (χ1v) is 8.05. The number of hydrogen-bond donors (Lipinski definition) is 1. The molecule has 4 rings (SSSR count). The van der Waals surface area contributed by atoms with Crippen LogP contribution in [-0.2, 0) is 0 Å². The molecule has 0 fully saturated rings. The Bertz CT molecular complexity index is 1090. The zero-order valence-corrected chi connectivity index (χ0v) is 13.8. The van der Waals surface area contributed by atoms with E-state index in [4.69, 9.17) is 16.0 Å². The van der Waals surface area contributed by atoms with Crippen molar-refractivity contribution in [3.8, 4) is 17.2 Å². The molecule has 0 aliphatic heterocycles. The molecule has 0 saturated heterocycles. The molecule has 0 unspecified atom stereocenters. The molecule has 1 N–H and O–H groups in total. The van der Waals surface area contributed by atoms with Gasteiger partial charge >= 0.3 is 0 Å². The quantitative estimate of drug-likeness (QED) is 0.490. The van der Waals surface area contributed by atoms with E-state index in [1.807, 2.05) is 30.3 Å². The summed E-state index contributed by atoms with van der Waals surface area (Å²) >= 11 is 5.99. The lowest BCUT2D eigenvalue weighted by Crippen LogP contribution is -1.81. The maximum Gasteiger partial charge on any atom is 0.227 e. The van der Waals surface area contributed by atoms with Gasteiger partial charge in [0.15, 0.2) is 5.58 Å². The number of nitrogens with zero attached hydrogens (tertiary/aromatic N) is 2. The highest BCUT2D eigenvalue weighted by Gasteiger charge is 2.09. The maximum atomic E-state index is 9.80. The standard InChI is InChI=1S/C20H13ClN2O2/c21-15-8-9-19-17(11-15)23-20(25-19)13-5-3-6-16(10-13)22-12-14-4-1-2-7-18(14)24/h1-12,24H. The molecule has 3 aromatic carbocycles. The van der Waals surface area contributed by atoms with E-state index in [0.717, 1.165) is 11.3 Å². The number of oxazole rings is 1. The minimum absolute atomic E-state index is 0.193. The molecule has 122 valence electrons. The predicted molar refractivity (Wildman–Crippen MR) is 99.8 cm³/mol. The Balaban J connectivity index is 1.67. The van der Waals surface area contributed by atoms with E-state index in [9.17, 15) is 5.11 Å². The van der Waals surface area contributed by atoms with Crippen molar-refractivity contribution in [1.82, 2.24) is 4.98 Å². The third-order valence-electron chi connectivity index (χ3n) is 3.73. The Morgan fingerprint density at radius 3 is 2.76 bits per heavy atom. The minimum Gasteiger partial charge on any atom is -0.507 e. The number of para-hydroxylation sites is 1. The summed E-state index contributed by atoms with van der Waals surface area (Å²) in [6.45, 7) is 0. The monoisotopic (exact) mass is 348 g/mol. The number of halogens is 1. The van der Waals surface area contributed by atoms with E-state index in [-0.39, 0.29) is 5.75 Å². The third-order valence-corrected chi connectivity index (χ3v) is 3.97. The number of benzene rings is 3. The number of phenols is 1. The van der Waals surface area contributed by atoms with Gasteiger partial charge in [0.2, 0.25) is 5.89 Å². The van der Waals surface area contributed by atoms with Gasteiger partial charge < -0.3 is 9.52 Å². The molecule has 0 aliphatic rings. The van der Waals surface area contributed by atoms with Gasteiger partial charge in [-0.3, -0.25) is 4.99 Å². The Hall–Kier alpha value is -3.11. The summed E-state index contributed by atoms with van der Waals surface area (Å²) in [6, 6.07) is 19.9. The second kappa shape index (κ2) is 6.42. The number of aromatic nitrogens is 1. The van der Waals surface area contributed by atoms with E-state index < -0.39 is 0 Å². The Morgan fingerprint density at radius 1 is 1.00 bits per heavy atom. The second-order valence-electron chi connectivity index (χ2n) is 5.50. The van der Waals surface area contributed by atoms with Crippen molar-refractivity contribution in [1.29, 1.82) is 0 Å². The number of hydrogen-bond acceptors (Lipinski definition) is 4. The summed E-state index contributed by atoms with van der Waals surface area (Å²) in [7, 11) is 0. The molecule has 4 nitrogen and oxygen atoms in total. The normalized spacial score (nSPS) is 11.4. The van der Waals surface area contributed by atoms with Crippen LogP contribution in [0.1, 0.15) is 5.56 Å². The van der Waals surface area contributed by atoms with Crippen LogP contribution in [0.3, 0.4) is 0 Å². The zero-order valence-electron chi connectivity index (χ0n) is 13.1. The summed E-state index contributed by atoms with van der Waals surface area (Å²) in [5.74, 6) is 0.704. The fraction of sp³-hybridized carbons (Fsp3) is 0. The lowest BCUT2D eigenvalue weighted by molar-refractivity contribution is 0.474. The molecule has 0 amide bonds. The van der Waals surface area contributed by atoms with Crippen LogP contribution >= 0.6 is 11.6 Å². The second-order valence-corrected chi connectivity index (χ2v) is 5.93. The highest BCUT2D eigenvalue weighted by Crippen LogP contribution is 2.28. The van der Waals surface area contributed by atoms with Crippen molar-refractivity contribution < 1.29 is 9.52 Å². The van der Waals surface area contributed by atoms with Crippen molar-refractivity contribution in [2.75, 3.05) is 0 Å². The summed E-state index contributed by atoms with van der Waals surface area (Å²) in [5.41, 5.74) is 3.61. The number of rotatable bonds is 3. The molecule has 0 spiro atoms. The largest absolute Gasteiger partial charge is 0.507 e. The first kappa shape index (κ1) is 15.4. The first-order chi connectivity index (χ1) is 12.2. The van der Waals surface area contributed by atoms with E-state index in [2.05, 4.69) is 9.98 Å². The molecule has 0 aliphatic carbocycles. The van der Waals surface area contributed by atoms with Crippen LogP contribution in [0, 0.1) is 0 Å². The van der Waals surface area contributed by atoms with Gasteiger partial charge in [0.25, 0.3) is 0 Å². The summed E-state index contributed by atoms with van der Waals surface area (Å²) in [4.78, 5) is 8.89. The topological polar surface area (TPSA) is 58.6 Å². The maximum absolute atomic E-state index is 9.80. The fourth-order valence-corrected chi connectivity index (χ4v) is 2.65. The molecule has 0 atom stereocenters. The van der Waals surface area contributed by atoms with E-state index in [1.54, 1.807) is 42.6 Å². The Morgan fingerprint density at radius 2 is 1.88 bits per heavy atom. The molecule has 25 heavy (non-hydrogen) atoms. The van der Waals surface area contributed by atoms with Crippen molar-refractivity contribution in [3.05, 3.63) is 77.3 Å². The third kappa shape index (κ3) is 3.25. The predicted octanol–water partition coefficient (Wildman–Crippen LogP) is 5.60. The Labute approximate surface area is 149 Å². The van der Waals surface area contributed by atoms with Gasteiger partial charge in [-0.2, -0.15) is 0 Å². The highest BCUT2D eigenvalue weighted by atomic mass is 35.5. The number of phenolic OH excluding ortho intramolecular Hbond substituents is 1. The summed E-state index contributed by atoms with van der Waals surface area (Å²) < 4.78 is 5.78. The molecule has 0 bridgehead atoms. The number of fused-ring (bicyclic) bond motifs is 1. The van der Waals surface area contributed by atoms with Gasteiger partial charge in [0, 0.05) is 22.4 Å². The van der Waals surface area contributed by atoms with Crippen molar-refractivity contribution in [3.63, 3.8) is 0 Å². The van der Waals surface area contributed by atoms with Crippen molar-refractivity contribution in [2.24, 2.45) is 4.99 Å². The SMILES string of the molecule is Oc1ccccc1C=Nc1cccc(-c2nc3cc(Cl)ccc3o2)c1. The first-order valence-electron chi connectivity index (χ1n) is 7.68. The smallest absolute Gasteiger partial charge is 0.227 e. The average Bonchev–Trinajstić information content (AvgIpc) is 3.04. The van der Waals surface area contributed by atoms with Crippen molar-refractivity contribution >= 4 is 34.6 Å². The van der Waals surface area contributed by atoms with Gasteiger partial charge in [0.05, 0.1) is 5.69 Å². The van der Waals surface area contributed by atoms with Crippen LogP contribution in [0.25, 0.3) is 22.6 Å². The van der Waals surface area contributed by atoms with Crippen LogP contribution in [0.15, 0.2) is 76.1 Å². The minimum atomic E-state index is 0.193. The molecule has 0 saturated carbocycles. The van der Waals surface area contributed by atoms with Crippen LogP contribution in [0.2, 0.25) is 5.02 Å². The van der Waals surface area contributed by atoms with Crippen molar-refractivity contribution in [2.45, 2.75) is 0 Å². The van der Waals surface area contributed by atoms with Crippen LogP contribution in [0.4, 0.5) is 5.69 Å². The molecule has 1 aromatic heterocycles. The Kier molecular flexibility index (Phi) is 3.96. The number of aromatic hydroxyl groups is 1. The number of aliphatic imine (C=N–C) groups is 1. The summed E-state index contributed by atoms with van der Waals surface area (Å²) in [5, 5.41) is 10.4. The molecule has 1 heterocycles. The van der Waals surface area contributed by atoms with E-state index in [1.165, 1.54) is 0 Å². The average molecular weight is 349 g/mol. The van der Waals surface area contributed by atoms with E-state index in [0.29, 0.717) is 27.6 Å². The van der Waals surface area contributed by atoms with Gasteiger partial charge in [-0.05, 0) is 48.5 Å². The fourth-order valence-electron chi connectivity index (χ4n) is 2.48. The van der Waals surface area contributed by atoms with E-state index >= 15 is 0 Å². The van der Waals surface area contributed by atoms with Crippen LogP contribution < -0.4 is 0 Å². The molecule has 4 aromatic rings. The molecular weight excluding hydrogens is 336 g/mol.